The number of ether oxygens (including phenoxy) is 2. The SMILES string of the molecule is CC1(C)O[C@@](C)([C@H]2CC3(CCN(C(=O)c4ccc(-c5ccc(S(C)(=O)=O)cc5)cc4)CC3)CO2)CC[C@@H]1O. The number of benzene rings is 2. The summed E-state index contributed by atoms with van der Waals surface area (Å²) in [5.74, 6) is 0.0348. The van der Waals surface area contributed by atoms with Crippen molar-refractivity contribution in [3.8, 4) is 11.1 Å². The molecule has 0 aromatic heterocycles. The molecule has 3 atom stereocenters. The van der Waals surface area contributed by atoms with Crippen molar-refractivity contribution in [2.45, 2.75) is 81.2 Å². The van der Waals surface area contributed by atoms with E-state index in [-0.39, 0.29) is 22.3 Å². The lowest BCUT2D eigenvalue weighted by molar-refractivity contribution is -0.245. The van der Waals surface area contributed by atoms with Gasteiger partial charge in [0.25, 0.3) is 5.91 Å². The van der Waals surface area contributed by atoms with E-state index in [1.54, 1.807) is 24.3 Å². The molecular weight excluding hydrogens is 502 g/mol. The molecule has 0 bridgehead atoms. The van der Waals surface area contributed by atoms with Crippen LogP contribution >= 0.6 is 0 Å². The Bertz CT molecular complexity index is 1280. The molecule has 0 radical (unpaired) electrons. The Balaban J connectivity index is 1.19. The number of rotatable bonds is 4. The quantitative estimate of drug-likeness (QED) is 0.614. The minimum absolute atomic E-state index is 0.00410. The highest BCUT2D eigenvalue weighted by Crippen LogP contribution is 2.49. The lowest BCUT2D eigenvalue weighted by Gasteiger charge is -2.48. The summed E-state index contributed by atoms with van der Waals surface area (Å²) in [5, 5.41) is 10.3. The average Bonchev–Trinajstić information content (AvgIpc) is 3.30. The van der Waals surface area contributed by atoms with E-state index in [2.05, 4.69) is 6.92 Å². The lowest BCUT2D eigenvalue weighted by Crippen LogP contribution is -2.56. The van der Waals surface area contributed by atoms with Gasteiger partial charge in [-0.05, 0) is 93.7 Å². The summed E-state index contributed by atoms with van der Waals surface area (Å²) in [4.78, 5) is 15.5. The van der Waals surface area contributed by atoms with Crippen LogP contribution in [0.15, 0.2) is 53.4 Å². The summed E-state index contributed by atoms with van der Waals surface area (Å²) in [7, 11) is -3.23. The van der Waals surface area contributed by atoms with Gasteiger partial charge in [-0.2, -0.15) is 0 Å². The van der Waals surface area contributed by atoms with E-state index >= 15 is 0 Å². The van der Waals surface area contributed by atoms with Gasteiger partial charge in [0.15, 0.2) is 9.84 Å². The summed E-state index contributed by atoms with van der Waals surface area (Å²) in [6.45, 7) is 8.11. The highest BCUT2D eigenvalue weighted by atomic mass is 32.2. The summed E-state index contributed by atoms with van der Waals surface area (Å²) in [5.41, 5.74) is 1.56. The molecule has 7 nitrogen and oxygen atoms in total. The van der Waals surface area contributed by atoms with Gasteiger partial charge < -0.3 is 19.5 Å². The largest absolute Gasteiger partial charge is 0.390 e. The Hall–Kier alpha value is -2.26. The van der Waals surface area contributed by atoms with E-state index in [9.17, 15) is 18.3 Å². The van der Waals surface area contributed by atoms with E-state index in [0.717, 1.165) is 36.8 Å². The van der Waals surface area contributed by atoms with Crippen LogP contribution < -0.4 is 0 Å². The molecule has 1 N–H and O–H groups in total. The molecule has 0 aliphatic carbocycles. The van der Waals surface area contributed by atoms with Crippen LogP contribution in [0.5, 0.6) is 0 Å². The monoisotopic (exact) mass is 541 g/mol. The van der Waals surface area contributed by atoms with Crippen molar-refractivity contribution in [1.82, 2.24) is 4.90 Å². The number of hydrogen-bond donors (Lipinski definition) is 1. The molecule has 5 rings (SSSR count). The van der Waals surface area contributed by atoms with Gasteiger partial charge in [0.2, 0.25) is 0 Å². The third kappa shape index (κ3) is 5.28. The molecule has 3 heterocycles. The molecule has 2 aromatic carbocycles. The number of aliphatic hydroxyl groups is 1. The van der Waals surface area contributed by atoms with Crippen LogP contribution in [0.4, 0.5) is 0 Å². The molecule has 1 amide bonds. The van der Waals surface area contributed by atoms with Gasteiger partial charge in [-0.3, -0.25) is 4.79 Å². The first kappa shape index (κ1) is 27.3. The molecule has 1 spiro atoms. The van der Waals surface area contributed by atoms with Gasteiger partial charge in [-0.25, -0.2) is 8.42 Å². The third-order valence-corrected chi connectivity index (χ3v) is 10.1. The molecule has 8 heteroatoms. The minimum Gasteiger partial charge on any atom is -0.390 e. The zero-order valence-electron chi connectivity index (χ0n) is 22.8. The second-order valence-electron chi connectivity index (χ2n) is 12.2. The number of hydrogen-bond acceptors (Lipinski definition) is 6. The highest BCUT2D eigenvalue weighted by Gasteiger charge is 2.53. The van der Waals surface area contributed by atoms with E-state index in [0.29, 0.717) is 31.7 Å². The van der Waals surface area contributed by atoms with Gasteiger partial charge in [-0.1, -0.05) is 24.3 Å². The number of nitrogens with zero attached hydrogens (tertiary/aromatic N) is 1. The van der Waals surface area contributed by atoms with Crippen molar-refractivity contribution in [1.29, 1.82) is 0 Å². The number of carbonyl (C=O) groups is 1. The molecule has 3 aliphatic heterocycles. The molecule has 206 valence electrons. The fourth-order valence-electron chi connectivity index (χ4n) is 6.31. The maximum absolute atomic E-state index is 13.3. The Kier molecular flexibility index (Phi) is 7.00. The second-order valence-corrected chi connectivity index (χ2v) is 14.3. The predicted octanol–water partition coefficient (Wildman–Crippen LogP) is 4.48. The van der Waals surface area contributed by atoms with Gasteiger partial charge >= 0.3 is 0 Å². The average molecular weight is 542 g/mol. The zero-order valence-corrected chi connectivity index (χ0v) is 23.6. The zero-order chi connectivity index (χ0) is 27.3. The van der Waals surface area contributed by atoms with Gasteiger partial charge in [0.05, 0.1) is 34.9 Å². The van der Waals surface area contributed by atoms with Crippen molar-refractivity contribution < 1.29 is 27.8 Å². The number of carbonyl (C=O) groups excluding carboxylic acids is 1. The van der Waals surface area contributed by atoms with E-state index in [1.165, 1.54) is 6.26 Å². The smallest absolute Gasteiger partial charge is 0.253 e. The molecule has 2 aromatic rings. The van der Waals surface area contributed by atoms with Crippen molar-refractivity contribution in [2.24, 2.45) is 5.41 Å². The number of aliphatic hydroxyl groups excluding tert-OH is 1. The summed E-state index contributed by atoms with van der Waals surface area (Å²) < 4.78 is 36.2. The fraction of sp³-hybridized carbons (Fsp3) is 0.567. The topological polar surface area (TPSA) is 93.1 Å². The van der Waals surface area contributed by atoms with Crippen LogP contribution in [-0.4, -0.2) is 73.7 Å². The van der Waals surface area contributed by atoms with Crippen LogP contribution in [0.3, 0.4) is 0 Å². The Morgan fingerprint density at radius 3 is 2.08 bits per heavy atom. The maximum atomic E-state index is 13.3. The molecule has 0 unspecified atom stereocenters. The molecule has 3 fully saturated rings. The number of amides is 1. The molecule has 0 saturated carbocycles. The lowest BCUT2D eigenvalue weighted by atomic mass is 9.73. The Morgan fingerprint density at radius 1 is 0.947 bits per heavy atom. The van der Waals surface area contributed by atoms with E-state index in [1.807, 2.05) is 43.0 Å². The first-order valence-electron chi connectivity index (χ1n) is 13.5. The maximum Gasteiger partial charge on any atom is 0.253 e. The van der Waals surface area contributed by atoms with Gasteiger partial charge in [0.1, 0.15) is 0 Å². The van der Waals surface area contributed by atoms with Crippen LogP contribution in [0.1, 0.15) is 63.2 Å². The summed E-state index contributed by atoms with van der Waals surface area (Å²) in [6, 6.07) is 14.3. The fourth-order valence-corrected chi connectivity index (χ4v) is 6.94. The van der Waals surface area contributed by atoms with E-state index in [4.69, 9.17) is 9.47 Å². The first-order valence-corrected chi connectivity index (χ1v) is 15.4. The van der Waals surface area contributed by atoms with E-state index < -0.39 is 27.1 Å². The number of likely N-dealkylation sites (tertiary alicyclic amines) is 1. The highest BCUT2D eigenvalue weighted by molar-refractivity contribution is 7.90. The van der Waals surface area contributed by atoms with Gasteiger partial charge in [0, 0.05) is 24.9 Å². The summed E-state index contributed by atoms with van der Waals surface area (Å²) in [6.07, 6.45) is 4.95. The normalized spacial score (nSPS) is 28.9. The Morgan fingerprint density at radius 2 is 1.53 bits per heavy atom. The van der Waals surface area contributed by atoms with Crippen molar-refractivity contribution in [3.05, 3.63) is 54.1 Å². The minimum atomic E-state index is -3.23. The third-order valence-electron chi connectivity index (χ3n) is 8.96. The van der Waals surface area contributed by atoms with Crippen molar-refractivity contribution >= 4 is 15.7 Å². The van der Waals surface area contributed by atoms with Crippen molar-refractivity contribution in [2.75, 3.05) is 26.0 Å². The van der Waals surface area contributed by atoms with Crippen molar-refractivity contribution in [3.63, 3.8) is 0 Å². The number of sulfone groups is 1. The van der Waals surface area contributed by atoms with Crippen LogP contribution in [0.2, 0.25) is 0 Å². The number of piperidine rings is 1. The Labute approximate surface area is 226 Å². The molecule has 3 saturated heterocycles. The predicted molar refractivity (Wildman–Crippen MR) is 146 cm³/mol. The van der Waals surface area contributed by atoms with Crippen LogP contribution in [-0.2, 0) is 19.3 Å². The van der Waals surface area contributed by atoms with Crippen LogP contribution in [0.25, 0.3) is 11.1 Å². The molecular formula is C30H39NO6S. The second kappa shape index (κ2) is 9.73. The molecule has 38 heavy (non-hydrogen) atoms. The first-order chi connectivity index (χ1) is 17.8. The standard InChI is InChI=1S/C30H39NO6S/c1-28(2)25(32)13-14-29(3,37-28)26-19-30(20-36-26)15-17-31(18-16-30)27(33)23-7-5-21(6-8-23)22-9-11-24(12-10-22)38(4,34)35/h5-12,25-26,32H,13-20H2,1-4H3/t25-,26+,29+/m0/s1. The summed E-state index contributed by atoms with van der Waals surface area (Å²) >= 11 is 0. The van der Waals surface area contributed by atoms with Crippen LogP contribution in [0, 0.1) is 5.41 Å². The van der Waals surface area contributed by atoms with Gasteiger partial charge in [-0.15, -0.1) is 0 Å². The molecule has 3 aliphatic rings.